The maximum Gasteiger partial charge on any atom is 0.242 e. The Kier molecular flexibility index (Phi) is 5.82. The molecule has 2 N–H and O–H groups in total. The monoisotopic (exact) mass is 250 g/mol. The van der Waals surface area contributed by atoms with Gasteiger partial charge in [0.05, 0.1) is 6.10 Å². The lowest BCUT2D eigenvalue weighted by Crippen LogP contribution is -2.41. The van der Waals surface area contributed by atoms with E-state index in [4.69, 9.17) is 0 Å². The van der Waals surface area contributed by atoms with Crippen molar-refractivity contribution in [3.05, 3.63) is 35.9 Å². The molecule has 0 saturated heterocycles. The lowest BCUT2D eigenvalue weighted by molar-refractivity contribution is -0.126. The predicted molar refractivity (Wildman–Crippen MR) is 72.2 cm³/mol. The molecule has 100 valence electrons. The minimum atomic E-state index is -0.530. The highest BCUT2D eigenvalue weighted by Gasteiger charge is 2.23. The van der Waals surface area contributed by atoms with Crippen LogP contribution in [0.4, 0.5) is 0 Å². The van der Waals surface area contributed by atoms with Gasteiger partial charge in [0.25, 0.3) is 0 Å². The lowest BCUT2D eigenvalue weighted by atomic mass is 10.0. The summed E-state index contributed by atoms with van der Waals surface area (Å²) >= 11 is 0. The average molecular weight is 250 g/mol. The van der Waals surface area contributed by atoms with Gasteiger partial charge in [-0.15, -0.1) is 0 Å². The van der Waals surface area contributed by atoms with Crippen LogP contribution in [-0.4, -0.2) is 42.2 Å². The molecule has 0 aliphatic heterocycles. The summed E-state index contributed by atoms with van der Waals surface area (Å²) in [6.07, 6.45) is -0.530. The first kappa shape index (κ1) is 14.7. The van der Waals surface area contributed by atoms with E-state index >= 15 is 0 Å². The van der Waals surface area contributed by atoms with Crippen LogP contribution in [-0.2, 0) is 4.79 Å². The van der Waals surface area contributed by atoms with Gasteiger partial charge in [-0.2, -0.15) is 0 Å². The molecule has 4 nitrogen and oxygen atoms in total. The van der Waals surface area contributed by atoms with Crippen LogP contribution in [0.1, 0.15) is 25.5 Å². The number of hydrogen-bond donors (Lipinski definition) is 2. The molecule has 1 rings (SSSR count). The van der Waals surface area contributed by atoms with Crippen LogP contribution in [0.15, 0.2) is 30.3 Å². The molecule has 2 atom stereocenters. The van der Waals surface area contributed by atoms with Gasteiger partial charge >= 0.3 is 0 Å². The zero-order valence-corrected chi connectivity index (χ0v) is 11.3. The third kappa shape index (κ3) is 4.13. The summed E-state index contributed by atoms with van der Waals surface area (Å²) < 4.78 is 0. The molecule has 0 aliphatic carbocycles. The summed E-state index contributed by atoms with van der Waals surface area (Å²) in [5, 5.41) is 12.0. The van der Waals surface area contributed by atoms with Crippen molar-refractivity contribution in [2.45, 2.75) is 26.0 Å². The van der Waals surface area contributed by atoms with Crippen molar-refractivity contribution in [2.24, 2.45) is 0 Å². The minimum Gasteiger partial charge on any atom is -0.392 e. The third-order valence-corrected chi connectivity index (χ3v) is 2.87. The predicted octanol–water partition coefficient (Wildman–Crippen LogP) is 1.18. The SMILES string of the molecule is CCN(C)C(C(=O)NCC(C)O)c1ccccc1. The highest BCUT2D eigenvalue weighted by atomic mass is 16.3. The van der Waals surface area contributed by atoms with E-state index < -0.39 is 6.10 Å². The Morgan fingerprint density at radius 3 is 2.50 bits per heavy atom. The number of amides is 1. The first-order chi connectivity index (χ1) is 8.56. The van der Waals surface area contributed by atoms with Crippen LogP contribution in [0.2, 0.25) is 0 Å². The van der Waals surface area contributed by atoms with Crippen molar-refractivity contribution < 1.29 is 9.90 Å². The minimum absolute atomic E-state index is 0.0774. The smallest absolute Gasteiger partial charge is 0.242 e. The van der Waals surface area contributed by atoms with E-state index in [0.717, 1.165) is 12.1 Å². The fourth-order valence-corrected chi connectivity index (χ4v) is 1.77. The number of carbonyl (C=O) groups excluding carboxylic acids is 1. The number of nitrogens with one attached hydrogen (secondary N) is 1. The van der Waals surface area contributed by atoms with E-state index in [1.54, 1.807) is 6.92 Å². The number of benzene rings is 1. The second-order valence-electron chi connectivity index (χ2n) is 4.48. The van der Waals surface area contributed by atoms with E-state index in [1.807, 2.05) is 49.2 Å². The molecular weight excluding hydrogens is 228 g/mol. The van der Waals surface area contributed by atoms with Gasteiger partial charge in [0, 0.05) is 6.54 Å². The molecule has 1 aromatic carbocycles. The van der Waals surface area contributed by atoms with Crippen molar-refractivity contribution in [3.63, 3.8) is 0 Å². The van der Waals surface area contributed by atoms with Crippen molar-refractivity contribution >= 4 is 5.91 Å². The molecule has 0 radical (unpaired) electrons. The van der Waals surface area contributed by atoms with Crippen molar-refractivity contribution in [1.82, 2.24) is 10.2 Å². The molecule has 0 aliphatic rings. The van der Waals surface area contributed by atoms with Crippen LogP contribution in [0, 0.1) is 0 Å². The van der Waals surface area contributed by atoms with Crippen molar-refractivity contribution in [2.75, 3.05) is 20.1 Å². The second kappa shape index (κ2) is 7.13. The van der Waals surface area contributed by atoms with Gasteiger partial charge < -0.3 is 10.4 Å². The first-order valence-corrected chi connectivity index (χ1v) is 6.27. The molecule has 18 heavy (non-hydrogen) atoms. The maximum absolute atomic E-state index is 12.2. The highest BCUT2D eigenvalue weighted by Crippen LogP contribution is 2.18. The molecule has 1 amide bonds. The molecular formula is C14H22N2O2. The van der Waals surface area contributed by atoms with Crippen LogP contribution in [0.3, 0.4) is 0 Å². The second-order valence-corrected chi connectivity index (χ2v) is 4.48. The van der Waals surface area contributed by atoms with Gasteiger partial charge in [0.2, 0.25) is 5.91 Å². The Morgan fingerprint density at radius 2 is 2.00 bits per heavy atom. The van der Waals surface area contributed by atoms with E-state index in [9.17, 15) is 9.90 Å². The molecule has 0 saturated carbocycles. The zero-order chi connectivity index (χ0) is 13.5. The Bertz CT molecular complexity index is 365. The number of aliphatic hydroxyl groups is 1. The lowest BCUT2D eigenvalue weighted by Gasteiger charge is -2.26. The molecule has 1 aromatic rings. The molecule has 0 heterocycles. The summed E-state index contributed by atoms with van der Waals surface area (Å²) in [6, 6.07) is 9.36. The third-order valence-electron chi connectivity index (χ3n) is 2.87. The molecule has 2 unspecified atom stereocenters. The average Bonchev–Trinajstić information content (AvgIpc) is 2.37. The number of rotatable bonds is 6. The Morgan fingerprint density at radius 1 is 1.39 bits per heavy atom. The molecule has 4 heteroatoms. The van der Waals surface area contributed by atoms with E-state index in [-0.39, 0.29) is 18.5 Å². The standard InChI is InChI=1S/C14H22N2O2/c1-4-16(3)13(12-8-6-5-7-9-12)14(18)15-10-11(2)17/h5-9,11,13,17H,4,10H2,1-3H3,(H,15,18). The number of hydrogen-bond acceptors (Lipinski definition) is 3. The quantitative estimate of drug-likeness (QED) is 0.797. The molecule has 0 fully saturated rings. The van der Waals surface area contributed by atoms with Crippen LogP contribution in [0.25, 0.3) is 0 Å². The topological polar surface area (TPSA) is 52.6 Å². The van der Waals surface area contributed by atoms with Gasteiger partial charge in [-0.05, 0) is 26.1 Å². The number of likely N-dealkylation sites (N-methyl/N-ethyl adjacent to an activating group) is 1. The summed E-state index contributed by atoms with van der Waals surface area (Å²) in [5.41, 5.74) is 0.963. The van der Waals surface area contributed by atoms with Crippen molar-refractivity contribution in [3.8, 4) is 0 Å². The van der Waals surface area contributed by atoms with E-state index in [0.29, 0.717) is 0 Å². The number of aliphatic hydroxyl groups excluding tert-OH is 1. The van der Waals surface area contributed by atoms with Crippen LogP contribution in [0.5, 0.6) is 0 Å². The zero-order valence-electron chi connectivity index (χ0n) is 11.3. The van der Waals surface area contributed by atoms with Gasteiger partial charge in [-0.25, -0.2) is 0 Å². The first-order valence-electron chi connectivity index (χ1n) is 6.27. The Labute approximate surface area is 109 Å². The fourth-order valence-electron chi connectivity index (χ4n) is 1.77. The van der Waals surface area contributed by atoms with E-state index in [1.165, 1.54) is 0 Å². The molecule has 0 aromatic heterocycles. The summed E-state index contributed by atoms with van der Waals surface area (Å²) in [7, 11) is 1.92. The van der Waals surface area contributed by atoms with Crippen LogP contribution >= 0.6 is 0 Å². The van der Waals surface area contributed by atoms with Gasteiger partial charge in [0.15, 0.2) is 0 Å². The molecule has 0 spiro atoms. The van der Waals surface area contributed by atoms with Gasteiger partial charge in [-0.3, -0.25) is 9.69 Å². The summed E-state index contributed by atoms with van der Waals surface area (Å²) in [5.74, 6) is -0.0774. The van der Waals surface area contributed by atoms with Crippen LogP contribution < -0.4 is 5.32 Å². The maximum atomic E-state index is 12.2. The largest absolute Gasteiger partial charge is 0.392 e. The summed E-state index contributed by atoms with van der Waals surface area (Å²) in [6.45, 7) is 4.72. The summed E-state index contributed by atoms with van der Waals surface area (Å²) in [4.78, 5) is 14.2. The normalized spacial score (nSPS) is 14.3. The van der Waals surface area contributed by atoms with Gasteiger partial charge in [-0.1, -0.05) is 37.3 Å². The molecule has 0 bridgehead atoms. The fraction of sp³-hybridized carbons (Fsp3) is 0.500. The number of nitrogens with zero attached hydrogens (tertiary/aromatic N) is 1. The highest BCUT2D eigenvalue weighted by molar-refractivity contribution is 5.83. The van der Waals surface area contributed by atoms with Crippen molar-refractivity contribution in [1.29, 1.82) is 0 Å². The Balaban J connectivity index is 2.82. The Hall–Kier alpha value is -1.39. The number of carbonyl (C=O) groups is 1. The van der Waals surface area contributed by atoms with Gasteiger partial charge in [0.1, 0.15) is 6.04 Å². The van der Waals surface area contributed by atoms with E-state index in [2.05, 4.69) is 5.32 Å².